The van der Waals surface area contributed by atoms with E-state index in [1.165, 1.54) is 0 Å². The van der Waals surface area contributed by atoms with Crippen molar-refractivity contribution >= 4 is 22.6 Å². The number of aryl methyl sites for hydroxylation is 1. The van der Waals surface area contributed by atoms with Crippen molar-refractivity contribution in [3.63, 3.8) is 0 Å². The van der Waals surface area contributed by atoms with Gasteiger partial charge in [0.05, 0.1) is 11.1 Å². The van der Waals surface area contributed by atoms with Crippen LogP contribution in [-0.2, 0) is 0 Å². The van der Waals surface area contributed by atoms with Gasteiger partial charge in [-0.05, 0) is 6.92 Å². The molecule has 2 aromatic heterocycles. The molecule has 0 aromatic carbocycles. The predicted molar refractivity (Wildman–Crippen MR) is 41.6 cm³/mol. The van der Waals surface area contributed by atoms with Gasteiger partial charge in [-0.25, -0.2) is 4.98 Å². The molecule has 0 radical (unpaired) electrons. The van der Waals surface area contributed by atoms with Gasteiger partial charge in [0.2, 0.25) is 0 Å². The summed E-state index contributed by atoms with van der Waals surface area (Å²) in [6.45, 7) is 1.83. The van der Waals surface area contributed by atoms with E-state index in [1.54, 1.807) is 12.3 Å². The lowest BCUT2D eigenvalue weighted by molar-refractivity contribution is 0.450. The summed E-state index contributed by atoms with van der Waals surface area (Å²) in [4.78, 5) is 3.91. The molecule has 0 fully saturated rings. The normalized spacial score (nSPS) is 10.7. The molecule has 56 valence electrons. The van der Waals surface area contributed by atoms with Gasteiger partial charge >= 0.3 is 0 Å². The van der Waals surface area contributed by atoms with Crippen LogP contribution in [0.2, 0.25) is 5.15 Å². The van der Waals surface area contributed by atoms with Gasteiger partial charge in [-0.2, -0.15) is 0 Å². The first-order valence-corrected chi connectivity index (χ1v) is 3.53. The Kier molecular flexibility index (Phi) is 1.32. The van der Waals surface area contributed by atoms with Crippen LogP contribution in [0.5, 0.6) is 0 Å². The summed E-state index contributed by atoms with van der Waals surface area (Å²) in [5.41, 5.74) is 1.46. The summed E-state index contributed by atoms with van der Waals surface area (Å²) < 4.78 is 4.96. The Hall–Kier alpha value is -1.09. The second-order valence-corrected chi connectivity index (χ2v) is 2.60. The molecule has 2 rings (SSSR count). The number of hydrogen-bond donors (Lipinski definition) is 0. The molecular weight excluding hydrogens is 164 g/mol. The van der Waals surface area contributed by atoms with Gasteiger partial charge in [-0.3, -0.25) is 0 Å². The second-order valence-electron chi connectivity index (χ2n) is 2.24. The number of pyridine rings is 1. The zero-order valence-corrected chi connectivity index (χ0v) is 6.59. The molecule has 0 unspecified atom stereocenters. The van der Waals surface area contributed by atoms with Crippen LogP contribution in [0.25, 0.3) is 11.0 Å². The lowest BCUT2D eigenvalue weighted by Gasteiger charge is -1.88. The fourth-order valence-corrected chi connectivity index (χ4v) is 1.27. The fourth-order valence-electron chi connectivity index (χ4n) is 0.987. The number of fused-ring (bicyclic) bond motifs is 1. The van der Waals surface area contributed by atoms with Crippen LogP contribution < -0.4 is 0 Å². The van der Waals surface area contributed by atoms with Crippen molar-refractivity contribution in [2.75, 3.05) is 0 Å². The van der Waals surface area contributed by atoms with Crippen LogP contribution in [0.1, 0.15) is 5.69 Å². The standard InChI is InChI=1S/C7H5ClN2O/c1-4-6-5(11-10-4)2-3-9-7(6)8/h2-3H,1H3. The van der Waals surface area contributed by atoms with E-state index in [0.29, 0.717) is 10.7 Å². The molecule has 0 amide bonds. The topological polar surface area (TPSA) is 38.9 Å². The number of rotatable bonds is 0. The van der Waals surface area contributed by atoms with Crippen LogP contribution >= 0.6 is 11.6 Å². The Morgan fingerprint density at radius 2 is 2.36 bits per heavy atom. The van der Waals surface area contributed by atoms with Gasteiger partial charge < -0.3 is 4.52 Å². The summed E-state index contributed by atoms with van der Waals surface area (Å²) in [6.07, 6.45) is 1.59. The molecule has 0 saturated heterocycles. The van der Waals surface area contributed by atoms with Gasteiger partial charge in [-0.15, -0.1) is 0 Å². The van der Waals surface area contributed by atoms with Gasteiger partial charge in [0, 0.05) is 12.3 Å². The molecule has 0 bridgehead atoms. The summed E-state index contributed by atoms with van der Waals surface area (Å²) >= 11 is 5.79. The average molecular weight is 169 g/mol. The molecule has 2 heterocycles. The van der Waals surface area contributed by atoms with Crippen molar-refractivity contribution in [1.29, 1.82) is 0 Å². The third-order valence-corrected chi connectivity index (χ3v) is 1.80. The Balaban J connectivity index is 2.96. The summed E-state index contributed by atoms with van der Waals surface area (Å²) in [5, 5.41) is 5.00. The van der Waals surface area contributed by atoms with Crippen LogP contribution in [0, 0.1) is 6.92 Å². The fraction of sp³-hybridized carbons (Fsp3) is 0.143. The zero-order valence-electron chi connectivity index (χ0n) is 5.84. The molecule has 0 N–H and O–H groups in total. The van der Waals surface area contributed by atoms with E-state index >= 15 is 0 Å². The highest BCUT2D eigenvalue weighted by molar-refractivity contribution is 6.34. The maximum absolute atomic E-state index is 5.79. The van der Waals surface area contributed by atoms with Gasteiger partial charge in [0.25, 0.3) is 0 Å². The number of aromatic nitrogens is 2. The highest BCUT2D eigenvalue weighted by atomic mass is 35.5. The summed E-state index contributed by atoms with van der Waals surface area (Å²) in [5.74, 6) is 0. The Morgan fingerprint density at radius 3 is 3.09 bits per heavy atom. The van der Waals surface area contributed by atoms with Gasteiger partial charge in [0.15, 0.2) is 5.58 Å². The first-order valence-electron chi connectivity index (χ1n) is 3.15. The predicted octanol–water partition coefficient (Wildman–Crippen LogP) is 2.18. The van der Waals surface area contributed by atoms with Gasteiger partial charge in [0.1, 0.15) is 5.15 Å². The molecule has 0 aliphatic heterocycles. The third-order valence-electron chi connectivity index (χ3n) is 1.51. The van der Waals surface area contributed by atoms with E-state index in [2.05, 4.69) is 10.1 Å². The minimum absolute atomic E-state index is 0.446. The number of hydrogen-bond acceptors (Lipinski definition) is 3. The largest absolute Gasteiger partial charge is 0.356 e. The van der Waals surface area contributed by atoms with Crippen molar-refractivity contribution in [3.05, 3.63) is 23.1 Å². The van der Waals surface area contributed by atoms with Crippen LogP contribution in [0.15, 0.2) is 16.8 Å². The molecule has 0 atom stereocenters. The molecule has 0 aliphatic carbocycles. The minimum Gasteiger partial charge on any atom is -0.356 e. The summed E-state index contributed by atoms with van der Waals surface area (Å²) in [7, 11) is 0. The van der Waals surface area contributed by atoms with E-state index in [4.69, 9.17) is 16.1 Å². The molecular formula is C7H5ClN2O. The highest BCUT2D eigenvalue weighted by Crippen LogP contribution is 2.23. The monoisotopic (exact) mass is 168 g/mol. The van der Waals surface area contributed by atoms with E-state index in [1.807, 2.05) is 6.92 Å². The van der Waals surface area contributed by atoms with Crippen LogP contribution in [0.3, 0.4) is 0 Å². The third kappa shape index (κ3) is 0.886. The molecule has 2 aromatic rings. The Labute approximate surface area is 68.0 Å². The Morgan fingerprint density at radius 1 is 1.55 bits per heavy atom. The first-order chi connectivity index (χ1) is 5.29. The SMILES string of the molecule is Cc1noc2ccnc(Cl)c12. The maximum atomic E-state index is 5.79. The number of nitrogens with zero attached hydrogens (tertiary/aromatic N) is 2. The van der Waals surface area contributed by atoms with E-state index in [0.717, 1.165) is 11.1 Å². The molecule has 0 spiro atoms. The first kappa shape index (κ1) is 6.61. The van der Waals surface area contributed by atoms with E-state index in [9.17, 15) is 0 Å². The van der Waals surface area contributed by atoms with Crippen LogP contribution in [0.4, 0.5) is 0 Å². The van der Waals surface area contributed by atoms with Crippen molar-refractivity contribution < 1.29 is 4.52 Å². The van der Waals surface area contributed by atoms with Crippen LogP contribution in [-0.4, -0.2) is 10.1 Å². The minimum atomic E-state index is 0.446. The quantitative estimate of drug-likeness (QED) is 0.566. The smallest absolute Gasteiger partial charge is 0.171 e. The highest BCUT2D eigenvalue weighted by Gasteiger charge is 2.07. The van der Waals surface area contributed by atoms with E-state index < -0.39 is 0 Å². The molecule has 4 heteroatoms. The lowest BCUT2D eigenvalue weighted by Crippen LogP contribution is -1.75. The molecule has 3 nitrogen and oxygen atoms in total. The summed E-state index contributed by atoms with van der Waals surface area (Å²) in [6, 6.07) is 1.74. The van der Waals surface area contributed by atoms with Crippen molar-refractivity contribution in [2.24, 2.45) is 0 Å². The zero-order chi connectivity index (χ0) is 7.84. The van der Waals surface area contributed by atoms with Crippen molar-refractivity contribution in [3.8, 4) is 0 Å². The molecule has 0 aliphatic rings. The number of halogens is 1. The van der Waals surface area contributed by atoms with Crippen molar-refractivity contribution in [2.45, 2.75) is 6.92 Å². The maximum Gasteiger partial charge on any atom is 0.171 e. The van der Waals surface area contributed by atoms with Crippen molar-refractivity contribution in [1.82, 2.24) is 10.1 Å². The van der Waals surface area contributed by atoms with E-state index in [-0.39, 0.29) is 0 Å². The van der Waals surface area contributed by atoms with Gasteiger partial charge in [-0.1, -0.05) is 16.8 Å². The average Bonchev–Trinajstić information content (AvgIpc) is 2.34. The molecule has 11 heavy (non-hydrogen) atoms. The molecule has 0 saturated carbocycles. The second kappa shape index (κ2) is 2.20. The lowest BCUT2D eigenvalue weighted by atomic mass is 10.3. The Bertz CT molecular complexity index is 396.